The van der Waals surface area contributed by atoms with Crippen LogP contribution in [-0.2, 0) is 11.2 Å². The van der Waals surface area contributed by atoms with Crippen molar-refractivity contribution >= 4 is 33.8 Å². The highest BCUT2D eigenvalue weighted by atomic mass is 35.5. The van der Waals surface area contributed by atoms with Crippen LogP contribution in [0.25, 0.3) is 10.1 Å². The largest absolute Gasteiger partial charge is 0.395 e. The first-order valence-electron chi connectivity index (χ1n) is 6.97. The second-order valence-corrected chi connectivity index (χ2v) is 5.60. The van der Waals surface area contributed by atoms with Gasteiger partial charge in [0.25, 0.3) is 0 Å². The van der Waals surface area contributed by atoms with E-state index in [1.165, 1.54) is 17.4 Å². The summed E-state index contributed by atoms with van der Waals surface area (Å²) >= 11 is 1.28. The summed E-state index contributed by atoms with van der Waals surface area (Å²) in [5.74, 6) is -0.972. The van der Waals surface area contributed by atoms with Gasteiger partial charge in [0.15, 0.2) is 0 Å². The number of halogens is 3. The highest BCUT2D eigenvalue weighted by Gasteiger charge is 2.14. The summed E-state index contributed by atoms with van der Waals surface area (Å²) in [7, 11) is 0. The number of hydrogen-bond acceptors (Lipinski definition) is 4. The molecule has 1 heterocycles. The standard InChI is InChI=1S/C15H19F2NO2S.ClH/c16-13-10-11-3-9-21-15(11)14(17)12(13)2-8-20-7-1-4-18-5-6-19;/h3,9-10,18-19H,1-2,4-8H2;1H. The van der Waals surface area contributed by atoms with Gasteiger partial charge in [-0.2, -0.15) is 0 Å². The van der Waals surface area contributed by atoms with E-state index in [0.717, 1.165) is 13.0 Å². The molecule has 0 unspecified atom stereocenters. The maximum atomic E-state index is 14.2. The van der Waals surface area contributed by atoms with Crippen LogP contribution in [0.4, 0.5) is 8.78 Å². The summed E-state index contributed by atoms with van der Waals surface area (Å²) in [6.45, 7) is 2.26. The monoisotopic (exact) mass is 351 g/mol. The Balaban J connectivity index is 0.00000242. The zero-order valence-corrected chi connectivity index (χ0v) is 13.7. The predicted octanol–water partition coefficient (Wildman–Crippen LogP) is 3.13. The van der Waals surface area contributed by atoms with Crippen molar-refractivity contribution in [1.29, 1.82) is 0 Å². The number of benzene rings is 1. The first kappa shape index (κ1) is 19.3. The number of fused-ring (bicyclic) bond motifs is 1. The molecule has 0 aliphatic rings. The number of thiophene rings is 1. The van der Waals surface area contributed by atoms with Gasteiger partial charge in [-0.3, -0.25) is 0 Å². The highest BCUT2D eigenvalue weighted by molar-refractivity contribution is 7.17. The van der Waals surface area contributed by atoms with Crippen LogP contribution in [0.3, 0.4) is 0 Å². The number of aliphatic hydroxyl groups is 1. The van der Waals surface area contributed by atoms with Crippen LogP contribution in [0.1, 0.15) is 12.0 Å². The van der Waals surface area contributed by atoms with Gasteiger partial charge in [0.05, 0.1) is 17.9 Å². The predicted molar refractivity (Wildman–Crippen MR) is 88.1 cm³/mol. The fourth-order valence-corrected chi connectivity index (χ4v) is 2.93. The summed E-state index contributed by atoms with van der Waals surface area (Å²) in [5.41, 5.74) is 0.100. The lowest BCUT2D eigenvalue weighted by Gasteiger charge is -2.08. The van der Waals surface area contributed by atoms with Gasteiger partial charge >= 0.3 is 0 Å². The number of hydrogen-bond donors (Lipinski definition) is 2. The maximum Gasteiger partial charge on any atom is 0.147 e. The van der Waals surface area contributed by atoms with Gasteiger partial charge < -0.3 is 15.2 Å². The molecule has 0 saturated heterocycles. The number of rotatable bonds is 9. The molecule has 0 bridgehead atoms. The van der Waals surface area contributed by atoms with E-state index in [2.05, 4.69) is 5.32 Å². The molecule has 0 fully saturated rings. The fraction of sp³-hybridized carbons (Fsp3) is 0.467. The van der Waals surface area contributed by atoms with E-state index < -0.39 is 11.6 Å². The zero-order valence-electron chi connectivity index (χ0n) is 12.1. The Kier molecular flexibility index (Phi) is 8.82. The fourth-order valence-electron chi connectivity index (χ4n) is 2.09. The first-order valence-corrected chi connectivity index (χ1v) is 7.85. The lowest BCUT2D eigenvalue weighted by atomic mass is 10.1. The van der Waals surface area contributed by atoms with Crippen molar-refractivity contribution in [1.82, 2.24) is 5.32 Å². The molecule has 0 amide bonds. The molecule has 0 atom stereocenters. The van der Waals surface area contributed by atoms with Crippen molar-refractivity contribution in [3.05, 3.63) is 34.7 Å². The van der Waals surface area contributed by atoms with E-state index in [4.69, 9.17) is 9.84 Å². The minimum absolute atomic E-state index is 0. The lowest BCUT2D eigenvalue weighted by Crippen LogP contribution is -2.20. The molecule has 2 aromatic rings. The molecule has 3 nitrogen and oxygen atoms in total. The van der Waals surface area contributed by atoms with E-state index in [1.54, 1.807) is 11.4 Å². The minimum Gasteiger partial charge on any atom is -0.395 e. The Morgan fingerprint density at radius 2 is 2.05 bits per heavy atom. The van der Waals surface area contributed by atoms with E-state index >= 15 is 0 Å². The van der Waals surface area contributed by atoms with Crippen molar-refractivity contribution in [2.45, 2.75) is 12.8 Å². The van der Waals surface area contributed by atoms with Crippen LogP contribution in [0, 0.1) is 11.6 Å². The van der Waals surface area contributed by atoms with Gasteiger partial charge in [-0.05, 0) is 35.9 Å². The Labute approximate surface area is 138 Å². The van der Waals surface area contributed by atoms with Crippen LogP contribution in [-0.4, -0.2) is 38.0 Å². The molecule has 0 aliphatic carbocycles. The van der Waals surface area contributed by atoms with Gasteiger partial charge in [0, 0.05) is 25.1 Å². The Morgan fingerprint density at radius 3 is 2.82 bits per heavy atom. The third-order valence-electron chi connectivity index (χ3n) is 3.16. The highest BCUT2D eigenvalue weighted by Crippen LogP contribution is 2.28. The third-order valence-corrected chi connectivity index (χ3v) is 4.08. The van der Waals surface area contributed by atoms with Crippen molar-refractivity contribution in [3.63, 3.8) is 0 Å². The summed E-state index contributed by atoms with van der Waals surface area (Å²) in [4.78, 5) is 0. The van der Waals surface area contributed by atoms with Gasteiger partial charge in [0.1, 0.15) is 11.6 Å². The lowest BCUT2D eigenvalue weighted by molar-refractivity contribution is 0.133. The number of aliphatic hydroxyl groups excluding tert-OH is 1. The molecule has 2 N–H and O–H groups in total. The SMILES string of the molecule is Cl.OCCNCCCOCCc1c(F)cc2ccsc2c1F. The van der Waals surface area contributed by atoms with E-state index in [1.807, 2.05) is 0 Å². The molecule has 124 valence electrons. The van der Waals surface area contributed by atoms with Gasteiger partial charge in [-0.25, -0.2) is 8.78 Å². The van der Waals surface area contributed by atoms with Crippen molar-refractivity contribution < 1.29 is 18.6 Å². The summed E-state index contributed by atoms with van der Waals surface area (Å²) in [5, 5.41) is 14.0. The molecule has 1 aromatic heterocycles. The van der Waals surface area contributed by atoms with Gasteiger partial charge in [-0.1, -0.05) is 0 Å². The first-order chi connectivity index (χ1) is 10.2. The Bertz CT molecular complexity index is 580. The average Bonchev–Trinajstić information content (AvgIpc) is 2.93. The zero-order chi connectivity index (χ0) is 15.1. The van der Waals surface area contributed by atoms with Crippen LogP contribution >= 0.6 is 23.7 Å². The van der Waals surface area contributed by atoms with E-state index in [-0.39, 0.29) is 31.0 Å². The molecule has 0 radical (unpaired) electrons. The number of ether oxygens (including phenoxy) is 1. The molecule has 7 heteroatoms. The van der Waals surface area contributed by atoms with Crippen LogP contribution in [0.15, 0.2) is 17.5 Å². The molecule has 0 aliphatic heterocycles. The van der Waals surface area contributed by atoms with Crippen LogP contribution in [0.5, 0.6) is 0 Å². The average molecular weight is 352 g/mol. The summed E-state index contributed by atoms with van der Waals surface area (Å²) in [6.07, 6.45) is 1.03. The second kappa shape index (κ2) is 10.1. The Hall–Kier alpha value is -0.790. The number of nitrogens with one attached hydrogen (secondary N) is 1. The molecule has 1 aromatic carbocycles. The van der Waals surface area contributed by atoms with Crippen LogP contribution < -0.4 is 5.32 Å². The topological polar surface area (TPSA) is 41.5 Å². The van der Waals surface area contributed by atoms with E-state index in [0.29, 0.717) is 29.8 Å². The maximum absolute atomic E-state index is 14.2. The van der Waals surface area contributed by atoms with Gasteiger partial charge in [-0.15, -0.1) is 23.7 Å². The van der Waals surface area contributed by atoms with Gasteiger partial charge in [0.2, 0.25) is 0 Å². The van der Waals surface area contributed by atoms with Crippen molar-refractivity contribution in [2.75, 3.05) is 32.9 Å². The Morgan fingerprint density at radius 1 is 1.23 bits per heavy atom. The van der Waals surface area contributed by atoms with Crippen molar-refractivity contribution in [2.24, 2.45) is 0 Å². The normalized spacial score (nSPS) is 10.9. The summed E-state index contributed by atoms with van der Waals surface area (Å²) < 4.78 is 33.9. The molecule has 0 spiro atoms. The molecule has 22 heavy (non-hydrogen) atoms. The second-order valence-electron chi connectivity index (χ2n) is 4.68. The molecular weight excluding hydrogens is 332 g/mol. The van der Waals surface area contributed by atoms with E-state index in [9.17, 15) is 8.78 Å². The smallest absolute Gasteiger partial charge is 0.147 e. The quantitative estimate of drug-likeness (QED) is 0.682. The molecule has 2 rings (SSSR count). The minimum atomic E-state index is -0.508. The molecular formula is C15H20ClF2NO2S. The molecule has 0 saturated carbocycles. The van der Waals surface area contributed by atoms with Crippen LogP contribution in [0.2, 0.25) is 0 Å². The van der Waals surface area contributed by atoms with Crippen molar-refractivity contribution in [3.8, 4) is 0 Å². The summed E-state index contributed by atoms with van der Waals surface area (Å²) in [6, 6.07) is 3.09. The third kappa shape index (κ3) is 5.14.